The minimum atomic E-state index is -0.840. The predicted octanol–water partition coefficient (Wildman–Crippen LogP) is 3.72. The topological polar surface area (TPSA) is 60.9 Å². The SMILES string of the molecule is Cc1cc(Br)ccc1N(C)C(=O)CN1C(=O)c2ccccc2N2C(=O)CCC12C. The normalized spacial score (nSPS) is 20.6. The van der Waals surface area contributed by atoms with E-state index in [1.54, 1.807) is 39.9 Å². The van der Waals surface area contributed by atoms with E-state index in [1.807, 2.05) is 38.1 Å². The van der Waals surface area contributed by atoms with Gasteiger partial charge >= 0.3 is 0 Å². The molecule has 1 unspecified atom stereocenters. The second kappa shape index (κ2) is 6.99. The van der Waals surface area contributed by atoms with Crippen molar-refractivity contribution in [3.8, 4) is 0 Å². The Labute approximate surface area is 178 Å². The van der Waals surface area contributed by atoms with Gasteiger partial charge in [0.05, 0.1) is 11.3 Å². The predicted molar refractivity (Wildman–Crippen MR) is 115 cm³/mol. The van der Waals surface area contributed by atoms with E-state index in [2.05, 4.69) is 15.9 Å². The van der Waals surface area contributed by atoms with Gasteiger partial charge in [0.15, 0.2) is 0 Å². The van der Waals surface area contributed by atoms with E-state index >= 15 is 0 Å². The van der Waals surface area contributed by atoms with E-state index in [0.29, 0.717) is 24.1 Å². The summed E-state index contributed by atoms with van der Waals surface area (Å²) in [6.45, 7) is 3.70. The lowest BCUT2D eigenvalue weighted by atomic mass is 9.98. The van der Waals surface area contributed by atoms with E-state index < -0.39 is 5.66 Å². The summed E-state index contributed by atoms with van der Waals surface area (Å²) in [5.74, 6) is -0.450. The Morgan fingerprint density at radius 2 is 1.93 bits per heavy atom. The molecule has 0 N–H and O–H groups in total. The van der Waals surface area contributed by atoms with Crippen molar-refractivity contribution in [3.63, 3.8) is 0 Å². The number of para-hydroxylation sites is 1. The van der Waals surface area contributed by atoms with Crippen molar-refractivity contribution in [3.05, 3.63) is 58.1 Å². The smallest absolute Gasteiger partial charge is 0.258 e. The van der Waals surface area contributed by atoms with E-state index in [0.717, 1.165) is 15.7 Å². The molecule has 2 heterocycles. The van der Waals surface area contributed by atoms with Crippen LogP contribution in [0.4, 0.5) is 11.4 Å². The third kappa shape index (κ3) is 3.04. The van der Waals surface area contributed by atoms with Crippen molar-refractivity contribution in [2.45, 2.75) is 32.4 Å². The van der Waals surface area contributed by atoms with Crippen LogP contribution < -0.4 is 9.80 Å². The Morgan fingerprint density at radius 3 is 2.66 bits per heavy atom. The van der Waals surface area contributed by atoms with Gasteiger partial charge in [-0.05, 0) is 56.2 Å². The van der Waals surface area contributed by atoms with Gasteiger partial charge < -0.3 is 9.80 Å². The zero-order valence-electron chi connectivity index (χ0n) is 16.6. The molecule has 6 nitrogen and oxygen atoms in total. The number of halogens is 1. The number of anilines is 2. The highest BCUT2D eigenvalue weighted by Gasteiger charge is 2.53. The highest BCUT2D eigenvalue weighted by atomic mass is 79.9. The molecule has 0 saturated carbocycles. The van der Waals surface area contributed by atoms with Crippen LogP contribution in [0.15, 0.2) is 46.9 Å². The van der Waals surface area contributed by atoms with E-state index in [4.69, 9.17) is 0 Å². The number of carbonyl (C=O) groups is 3. The molecule has 0 bridgehead atoms. The largest absolute Gasteiger partial charge is 0.314 e. The first-order chi connectivity index (χ1) is 13.7. The van der Waals surface area contributed by atoms with Crippen LogP contribution >= 0.6 is 15.9 Å². The Balaban J connectivity index is 1.68. The average molecular weight is 456 g/mol. The maximum absolute atomic E-state index is 13.3. The lowest BCUT2D eigenvalue weighted by Crippen LogP contribution is -2.64. The quantitative estimate of drug-likeness (QED) is 0.708. The van der Waals surface area contributed by atoms with Gasteiger partial charge in [-0.1, -0.05) is 28.1 Å². The molecular formula is C22H22BrN3O3. The fraction of sp³-hybridized carbons (Fsp3) is 0.318. The highest BCUT2D eigenvalue weighted by molar-refractivity contribution is 9.10. The summed E-state index contributed by atoms with van der Waals surface area (Å²) in [4.78, 5) is 43.9. The van der Waals surface area contributed by atoms with Gasteiger partial charge in [-0.15, -0.1) is 0 Å². The molecule has 2 aromatic carbocycles. The molecule has 4 rings (SSSR count). The maximum atomic E-state index is 13.3. The molecule has 29 heavy (non-hydrogen) atoms. The Morgan fingerprint density at radius 1 is 1.21 bits per heavy atom. The molecule has 0 radical (unpaired) electrons. The van der Waals surface area contributed by atoms with Crippen LogP contribution in [0.2, 0.25) is 0 Å². The van der Waals surface area contributed by atoms with Gasteiger partial charge in [-0.25, -0.2) is 0 Å². The number of likely N-dealkylation sites (N-methyl/N-ethyl adjacent to an activating group) is 1. The molecule has 3 amide bonds. The Hall–Kier alpha value is -2.67. The lowest BCUT2D eigenvalue weighted by molar-refractivity contribution is -0.121. The molecule has 2 aliphatic heterocycles. The van der Waals surface area contributed by atoms with Gasteiger partial charge in [0.2, 0.25) is 11.8 Å². The van der Waals surface area contributed by atoms with Gasteiger partial charge in [-0.3, -0.25) is 19.3 Å². The van der Waals surface area contributed by atoms with Crippen molar-refractivity contribution in [1.29, 1.82) is 0 Å². The molecule has 2 aliphatic rings. The molecule has 150 valence electrons. The first-order valence-corrected chi connectivity index (χ1v) is 10.3. The number of hydrogen-bond acceptors (Lipinski definition) is 3. The zero-order chi connectivity index (χ0) is 20.9. The van der Waals surface area contributed by atoms with Crippen LogP contribution in [0.1, 0.15) is 35.7 Å². The van der Waals surface area contributed by atoms with Crippen LogP contribution in [0.3, 0.4) is 0 Å². The highest BCUT2D eigenvalue weighted by Crippen LogP contribution is 2.44. The molecule has 1 fully saturated rings. The Kier molecular flexibility index (Phi) is 4.73. The fourth-order valence-electron chi connectivity index (χ4n) is 4.31. The number of fused-ring (bicyclic) bond motifs is 3. The summed E-state index contributed by atoms with van der Waals surface area (Å²) in [7, 11) is 1.71. The number of aryl methyl sites for hydroxylation is 1. The second-order valence-corrected chi connectivity index (χ2v) is 8.65. The molecule has 7 heteroatoms. The molecule has 1 atom stereocenters. The van der Waals surface area contributed by atoms with Crippen LogP contribution in [0, 0.1) is 6.92 Å². The van der Waals surface area contributed by atoms with Gasteiger partial charge in [0.25, 0.3) is 5.91 Å². The third-order valence-corrected chi connectivity index (χ3v) is 6.43. The summed E-state index contributed by atoms with van der Waals surface area (Å²) in [6, 6.07) is 12.8. The first-order valence-electron chi connectivity index (χ1n) is 9.51. The minimum Gasteiger partial charge on any atom is -0.314 e. The summed E-state index contributed by atoms with van der Waals surface area (Å²) >= 11 is 3.43. The van der Waals surface area contributed by atoms with Crippen LogP contribution in [0.25, 0.3) is 0 Å². The molecule has 0 aromatic heterocycles. The number of rotatable bonds is 3. The number of amides is 3. The first kappa shape index (κ1) is 19.6. The molecular weight excluding hydrogens is 434 g/mol. The summed E-state index contributed by atoms with van der Waals surface area (Å²) in [6.07, 6.45) is 0.852. The van der Waals surface area contributed by atoms with Crippen LogP contribution in [-0.2, 0) is 9.59 Å². The third-order valence-electron chi connectivity index (χ3n) is 5.93. The van der Waals surface area contributed by atoms with E-state index in [1.165, 1.54) is 0 Å². The van der Waals surface area contributed by atoms with Crippen molar-refractivity contribution >= 4 is 45.0 Å². The van der Waals surface area contributed by atoms with Crippen LogP contribution in [0.5, 0.6) is 0 Å². The maximum Gasteiger partial charge on any atom is 0.258 e. The van der Waals surface area contributed by atoms with Crippen molar-refractivity contribution in [1.82, 2.24) is 4.90 Å². The average Bonchev–Trinajstić information content (AvgIpc) is 3.00. The molecule has 1 saturated heterocycles. The van der Waals surface area contributed by atoms with Gasteiger partial charge in [0, 0.05) is 23.6 Å². The standard InChI is InChI=1S/C22H22BrN3O3/c1-14-12-15(23)8-9-17(14)24(3)20(28)13-25-21(29)16-6-4-5-7-18(16)26-19(27)10-11-22(25,26)2/h4-9,12H,10-11,13H2,1-3H3. The number of carbonyl (C=O) groups excluding carboxylic acids is 3. The Bertz CT molecular complexity index is 1040. The summed E-state index contributed by atoms with van der Waals surface area (Å²) < 4.78 is 0.940. The number of hydrogen-bond donors (Lipinski definition) is 0. The van der Waals surface area contributed by atoms with E-state index in [-0.39, 0.29) is 24.3 Å². The molecule has 0 aliphatic carbocycles. The van der Waals surface area contributed by atoms with Crippen LogP contribution in [-0.4, -0.2) is 41.9 Å². The fourth-order valence-corrected chi connectivity index (χ4v) is 4.79. The van der Waals surface area contributed by atoms with Crippen molar-refractivity contribution in [2.75, 3.05) is 23.4 Å². The van der Waals surface area contributed by atoms with E-state index in [9.17, 15) is 14.4 Å². The molecule has 2 aromatic rings. The van der Waals surface area contributed by atoms with Gasteiger partial charge in [-0.2, -0.15) is 0 Å². The molecule has 0 spiro atoms. The number of benzene rings is 2. The minimum absolute atomic E-state index is 0.0259. The summed E-state index contributed by atoms with van der Waals surface area (Å²) in [5.41, 5.74) is 1.98. The monoisotopic (exact) mass is 455 g/mol. The zero-order valence-corrected chi connectivity index (χ0v) is 18.2. The summed E-state index contributed by atoms with van der Waals surface area (Å²) in [5, 5.41) is 0. The van der Waals surface area contributed by atoms with Crippen molar-refractivity contribution in [2.24, 2.45) is 0 Å². The lowest BCUT2D eigenvalue weighted by Gasteiger charge is -2.48. The second-order valence-electron chi connectivity index (χ2n) is 7.74. The van der Waals surface area contributed by atoms with Gasteiger partial charge in [0.1, 0.15) is 12.2 Å². The number of nitrogens with zero attached hydrogens (tertiary/aromatic N) is 3. The van der Waals surface area contributed by atoms with Crippen molar-refractivity contribution < 1.29 is 14.4 Å².